The normalized spacial score (nSPS) is 10.8. The maximum absolute atomic E-state index is 12.4. The Kier molecular flexibility index (Phi) is 42.1. The number of hydrogen-bond acceptors (Lipinski definition) is 17. The number of hydrogen-bond donors (Lipinski definition) is 9. The molecule has 3 aromatic heterocycles. The van der Waals surface area contributed by atoms with Crippen LogP contribution in [0, 0.1) is 0 Å². The van der Waals surface area contributed by atoms with Crippen molar-refractivity contribution in [3.8, 4) is 11.1 Å². The molecule has 9 N–H and O–H groups in total. The first-order chi connectivity index (χ1) is 68.2. The minimum Gasteiger partial charge on any atom is -0.472 e. The van der Waals surface area contributed by atoms with Gasteiger partial charge in [0.1, 0.15) is 12.6 Å². The highest BCUT2D eigenvalue weighted by atomic mass is 32.2. The zero-order valence-electron chi connectivity index (χ0n) is 82.8. The Morgan fingerprint density at radius 1 is 0.301 bits per heavy atom. The number of H-pyrrole nitrogens is 1. The Morgan fingerprint density at radius 2 is 0.573 bits per heavy atom. The van der Waals surface area contributed by atoms with Crippen molar-refractivity contribution in [1.82, 2.24) is 15.0 Å². The van der Waals surface area contributed by atoms with Gasteiger partial charge in [0.15, 0.2) is 0 Å². The summed E-state index contributed by atoms with van der Waals surface area (Å²) in [5, 5.41) is 20.0. The van der Waals surface area contributed by atoms with Crippen molar-refractivity contribution >= 4 is 107 Å². The summed E-state index contributed by atoms with van der Waals surface area (Å²) in [6.07, 6.45) is 10.7. The number of carbonyl (C=O) groups excluding carboxylic acids is 8. The molecule has 0 aliphatic carbocycles. The highest BCUT2D eigenvalue weighted by molar-refractivity contribution is 7.86. The van der Waals surface area contributed by atoms with E-state index in [-0.39, 0.29) is 51.1 Å². The topological polar surface area (TPSA) is 382 Å². The van der Waals surface area contributed by atoms with E-state index in [1.807, 2.05) is 188 Å². The standard InChI is InChI=1S/C22H21NO.C18H19NO3.C17H19NO4S.C16H17NO4S.C14H15N3O.C14H16N2O.C14H15NO2/c1-16(2)20-9-6-10-21(15-20)23-22(24)19-13-11-18(12-14-19)17-7-4-3-5-8-17;1-12(2)15-5-4-6-16(11-15)19-17(20)13-7-9-14(10-8-13)18(21)22-3;1-12(2)14-5-4-6-15(11-14)18-17(19)13-7-9-16(10-8-13)23(20,21)22-3;1-11(2)13-4-3-5-14(10-13)17-16(18)12-6-8-15(9-7-12)22(19,20)21;1-10(2)11-4-3-5-13(6-11)17-14(18)12-7-15-9-16-8-12;1-10(2)11-4-3-5-13(8-11)16-14(17)12-6-7-15-9-12;1-10(2)11-4-3-5-13(8-11)15-14(16)12-6-7-17-9-12/h3-16H,1-2H3,(H,23,24);4-12H,1-3H3,(H,19,20);4-12H,1-3H3,(H,18,19);3-11H,1-2H3,(H,17,18)(H,19,20,21);3-10H,1-2H3,(H,17,18);3-10,15H,1-2H3,(H,16,17);3-10H,1-2H3,(H,15,16). The summed E-state index contributed by atoms with van der Waals surface area (Å²) in [6.45, 7) is 29.5. The maximum atomic E-state index is 12.4. The van der Waals surface area contributed by atoms with Crippen molar-refractivity contribution in [2.45, 2.75) is 148 Å². The van der Waals surface area contributed by atoms with Gasteiger partial charge in [-0.25, -0.2) is 14.8 Å². The number of carbonyl (C=O) groups is 8. The second-order valence-corrected chi connectivity index (χ2v) is 38.2. The molecule has 143 heavy (non-hydrogen) atoms. The van der Waals surface area contributed by atoms with Crippen LogP contribution >= 0.6 is 0 Å². The summed E-state index contributed by atoms with van der Waals surface area (Å²) in [4.78, 5) is 106. The van der Waals surface area contributed by atoms with Crippen LogP contribution in [0.1, 0.15) is 260 Å². The lowest BCUT2D eigenvalue weighted by Crippen LogP contribution is -2.12. The maximum Gasteiger partial charge on any atom is 0.337 e. The van der Waals surface area contributed by atoms with E-state index in [9.17, 15) is 55.2 Å². The van der Waals surface area contributed by atoms with Gasteiger partial charge in [-0.15, -0.1) is 0 Å². The third-order valence-corrected chi connectivity index (χ3v) is 24.2. The lowest BCUT2D eigenvalue weighted by molar-refractivity contribution is 0.0599. The van der Waals surface area contributed by atoms with Gasteiger partial charge in [0.05, 0.1) is 52.5 Å². The molecule has 0 saturated heterocycles. The van der Waals surface area contributed by atoms with E-state index >= 15 is 0 Å². The van der Waals surface area contributed by atoms with Crippen LogP contribution in [0.2, 0.25) is 0 Å². The van der Waals surface area contributed by atoms with Crippen molar-refractivity contribution in [3.63, 3.8) is 0 Å². The van der Waals surface area contributed by atoms with Gasteiger partial charge in [-0.1, -0.05) is 224 Å². The molecule has 0 radical (unpaired) electrons. The van der Waals surface area contributed by atoms with E-state index in [0.29, 0.717) is 97.3 Å². The fourth-order valence-electron chi connectivity index (χ4n) is 13.5. The number of nitrogens with one attached hydrogen (secondary N) is 8. The minimum absolute atomic E-state index is 0.0124. The van der Waals surface area contributed by atoms with Crippen LogP contribution in [0.15, 0.2) is 367 Å². The Bertz CT molecular complexity index is 6850. The molecular weight excluding hydrogens is 1840 g/mol. The number of benzene rings is 12. The van der Waals surface area contributed by atoms with Gasteiger partial charge in [-0.3, -0.25) is 42.3 Å². The summed E-state index contributed by atoms with van der Waals surface area (Å²) in [6, 6.07) is 92.8. The van der Waals surface area contributed by atoms with E-state index in [1.54, 1.807) is 54.9 Å². The van der Waals surface area contributed by atoms with Crippen molar-refractivity contribution < 1.29 is 73.1 Å². The SMILES string of the molecule is CC(C)c1cccc(NC(=O)c2cc[nH]c2)c1.CC(C)c1cccc(NC(=O)c2ccc(-c3ccccc3)cc2)c1.CC(C)c1cccc(NC(=O)c2ccc(S(=O)(=O)O)cc2)c1.CC(C)c1cccc(NC(=O)c2ccoc2)c1.CC(C)c1cccc(NC(=O)c2cncnc2)c1.COC(=O)c1ccc(C(=O)Nc2cccc(C(C)C)c2)cc1.COS(=O)(=O)c1ccc(C(=O)Nc2cccc(C(C)C)c2)cc1. The predicted octanol–water partition coefficient (Wildman–Crippen LogP) is 26.2. The Balaban J connectivity index is 0.000000187. The molecule has 3 heterocycles. The minimum atomic E-state index is -4.25. The first-order valence-corrected chi connectivity index (χ1v) is 49.2. The van der Waals surface area contributed by atoms with Gasteiger partial charge in [-0.05, 0) is 273 Å². The van der Waals surface area contributed by atoms with Crippen molar-refractivity contribution in [2.24, 2.45) is 0 Å². The number of esters is 1. The zero-order chi connectivity index (χ0) is 104. The lowest BCUT2D eigenvalue weighted by atomic mass is 10.0. The second kappa shape index (κ2) is 54.4. The van der Waals surface area contributed by atoms with Gasteiger partial charge in [-0.2, -0.15) is 16.8 Å². The summed E-state index contributed by atoms with van der Waals surface area (Å²) in [7, 11) is -5.58. The third kappa shape index (κ3) is 35.6. The number of anilines is 7. The van der Waals surface area contributed by atoms with E-state index in [4.69, 9.17) is 8.97 Å². The molecule has 0 spiro atoms. The molecule has 0 saturated carbocycles. The Labute approximate surface area is 837 Å². The Morgan fingerprint density at radius 3 is 0.846 bits per heavy atom. The molecule has 0 atom stereocenters. The largest absolute Gasteiger partial charge is 0.472 e. The summed E-state index contributed by atoms with van der Waals surface area (Å²) >= 11 is 0. The second-order valence-electron chi connectivity index (χ2n) is 35.0. The number of aromatic nitrogens is 3. The smallest absolute Gasteiger partial charge is 0.337 e. The van der Waals surface area contributed by atoms with Crippen molar-refractivity contribution in [1.29, 1.82) is 0 Å². The van der Waals surface area contributed by atoms with Crippen LogP contribution in [-0.2, 0) is 29.2 Å². The molecular formula is C115H122N10O16S2. The molecule has 740 valence electrons. The molecule has 28 heteroatoms. The summed E-state index contributed by atoms with van der Waals surface area (Å²) < 4.78 is 67.9. The molecule has 0 fully saturated rings. The van der Waals surface area contributed by atoms with E-state index in [2.05, 4.69) is 188 Å². The van der Waals surface area contributed by atoms with Crippen LogP contribution < -0.4 is 37.2 Å². The van der Waals surface area contributed by atoms with E-state index in [0.717, 1.165) is 57.8 Å². The first kappa shape index (κ1) is 110. The molecule has 0 unspecified atom stereocenters. The molecule has 0 aliphatic heterocycles. The van der Waals surface area contributed by atoms with Crippen molar-refractivity contribution in [2.75, 3.05) is 51.4 Å². The van der Waals surface area contributed by atoms with E-state index < -0.39 is 26.2 Å². The monoisotopic (exact) mass is 1960 g/mol. The predicted molar refractivity (Wildman–Crippen MR) is 567 cm³/mol. The Hall–Kier alpha value is -16.1. The van der Waals surface area contributed by atoms with Crippen LogP contribution in [0.3, 0.4) is 0 Å². The fraction of sp³-hybridized carbons (Fsp3) is 0.200. The number of amides is 7. The average molecular weight is 1960 g/mol. The van der Waals surface area contributed by atoms with Crippen LogP contribution in [0.4, 0.5) is 39.8 Å². The van der Waals surface area contributed by atoms with Gasteiger partial charge < -0.3 is 51.4 Å². The molecule has 15 aromatic rings. The highest BCUT2D eigenvalue weighted by Crippen LogP contribution is 2.29. The lowest BCUT2D eigenvalue weighted by Gasteiger charge is -2.10. The quantitative estimate of drug-likeness (QED) is 0.0138. The average Bonchev–Trinajstić information content (AvgIpc) is 1.80. The zero-order valence-corrected chi connectivity index (χ0v) is 84.4. The van der Waals surface area contributed by atoms with Crippen LogP contribution in [-0.4, -0.2) is 97.9 Å². The molecule has 26 nitrogen and oxygen atoms in total. The molecule has 7 amide bonds. The number of aromatic amines is 1. The molecule has 12 aromatic carbocycles. The fourth-order valence-corrected chi connectivity index (χ4v) is 14.6. The number of methoxy groups -OCH3 is 1. The molecule has 15 rings (SSSR count). The van der Waals surface area contributed by atoms with Gasteiger partial charge in [0.25, 0.3) is 61.6 Å². The number of rotatable bonds is 26. The van der Waals surface area contributed by atoms with Gasteiger partial charge in [0, 0.05) is 86.9 Å². The number of nitrogens with zero attached hydrogens (tertiary/aromatic N) is 2. The molecule has 0 bridgehead atoms. The van der Waals surface area contributed by atoms with Gasteiger partial charge >= 0.3 is 5.97 Å². The summed E-state index contributed by atoms with van der Waals surface area (Å²) in [5.41, 5.74) is 19.7. The van der Waals surface area contributed by atoms with Crippen molar-refractivity contribution in [3.05, 3.63) is 436 Å². The van der Waals surface area contributed by atoms with E-state index in [1.165, 1.54) is 115 Å². The summed E-state index contributed by atoms with van der Waals surface area (Å²) in [5.74, 6) is 1.09. The highest BCUT2D eigenvalue weighted by Gasteiger charge is 2.20. The van der Waals surface area contributed by atoms with Crippen LogP contribution in [0.25, 0.3) is 11.1 Å². The third-order valence-electron chi connectivity index (χ3n) is 22.0. The van der Waals surface area contributed by atoms with Crippen LogP contribution in [0.5, 0.6) is 0 Å². The number of furan rings is 1. The molecule has 0 aliphatic rings. The number of ether oxygens (including phenoxy) is 1. The van der Waals surface area contributed by atoms with Gasteiger partial charge in [0.2, 0.25) is 0 Å². The first-order valence-electron chi connectivity index (χ1n) is 46.4.